The number of hydrogen-bond donors (Lipinski definition) is 5. The summed E-state index contributed by atoms with van der Waals surface area (Å²) < 4.78 is 17.0. The van der Waals surface area contributed by atoms with Gasteiger partial charge in [-0.15, -0.1) is 0 Å². The molecule has 1 spiro atoms. The van der Waals surface area contributed by atoms with Crippen LogP contribution in [0.15, 0.2) is 12.2 Å². The van der Waals surface area contributed by atoms with Crippen LogP contribution < -0.4 is 0 Å². The first kappa shape index (κ1) is 28.0. The summed E-state index contributed by atoms with van der Waals surface area (Å²) in [5, 5.41) is 51.7. The van der Waals surface area contributed by atoms with E-state index in [2.05, 4.69) is 13.5 Å². The smallest absolute Gasteiger partial charge is 0.314 e. The van der Waals surface area contributed by atoms with Gasteiger partial charge in [0.15, 0.2) is 0 Å². The van der Waals surface area contributed by atoms with Crippen LogP contribution in [0, 0.1) is 34.0 Å². The van der Waals surface area contributed by atoms with Crippen LogP contribution in [0.4, 0.5) is 0 Å². The molecule has 214 valence electrons. The summed E-state index contributed by atoms with van der Waals surface area (Å²) in [6.45, 7) is 9.05. The minimum absolute atomic E-state index is 0.0943. The molecule has 4 saturated carbocycles. The van der Waals surface area contributed by atoms with Crippen molar-refractivity contribution in [2.24, 2.45) is 34.0 Å². The second kappa shape index (κ2) is 9.52. The fourth-order valence-corrected chi connectivity index (χ4v) is 9.46. The fourth-order valence-electron chi connectivity index (χ4n) is 9.46. The number of aliphatic hydroxyl groups excluding tert-OH is 5. The molecule has 10 nitrogen and oxygen atoms in total. The number of esters is 2. The summed E-state index contributed by atoms with van der Waals surface area (Å²) in [6.07, 6.45) is -3.90. The third kappa shape index (κ3) is 3.89. The summed E-state index contributed by atoms with van der Waals surface area (Å²) in [5.74, 6) is -1.21. The van der Waals surface area contributed by atoms with Crippen LogP contribution >= 0.6 is 0 Å². The third-order valence-corrected chi connectivity index (χ3v) is 10.9. The van der Waals surface area contributed by atoms with Gasteiger partial charge in [0.25, 0.3) is 0 Å². The third-order valence-electron chi connectivity index (χ3n) is 10.9. The van der Waals surface area contributed by atoms with Gasteiger partial charge in [0.05, 0.1) is 18.1 Å². The Labute approximate surface area is 223 Å². The number of rotatable bonds is 4. The average Bonchev–Trinajstić information content (AvgIpc) is 3.04. The molecule has 5 N–H and O–H groups in total. The molecule has 0 aromatic heterocycles. The minimum atomic E-state index is -1.67. The molecule has 38 heavy (non-hydrogen) atoms. The van der Waals surface area contributed by atoms with Crippen LogP contribution in [0.1, 0.15) is 65.7 Å². The van der Waals surface area contributed by atoms with Gasteiger partial charge in [-0.3, -0.25) is 9.59 Å². The molecule has 0 aromatic carbocycles. The van der Waals surface area contributed by atoms with Crippen molar-refractivity contribution in [2.45, 2.75) is 109 Å². The number of hydrogen-bond acceptors (Lipinski definition) is 10. The molecule has 10 heteroatoms. The highest BCUT2D eigenvalue weighted by Crippen LogP contribution is 2.72. The van der Waals surface area contributed by atoms with Gasteiger partial charge in [-0.2, -0.15) is 0 Å². The monoisotopic (exact) mass is 538 g/mol. The zero-order chi connectivity index (χ0) is 27.8. The molecule has 13 atom stereocenters. The number of aliphatic hydroxyl groups is 5. The lowest BCUT2D eigenvalue weighted by Crippen LogP contribution is -2.64. The minimum Gasteiger partial charge on any atom is -0.457 e. The fraction of sp³-hybridized carbons (Fsp3) is 0.857. The maximum atomic E-state index is 13.8. The van der Waals surface area contributed by atoms with Crippen molar-refractivity contribution in [3.05, 3.63) is 12.2 Å². The lowest BCUT2D eigenvalue weighted by atomic mass is 9.40. The van der Waals surface area contributed by atoms with Crippen molar-refractivity contribution in [2.75, 3.05) is 6.61 Å². The molecule has 1 aliphatic heterocycles. The Morgan fingerprint density at radius 3 is 2.42 bits per heavy atom. The highest BCUT2D eigenvalue weighted by molar-refractivity contribution is 5.77. The van der Waals surface area contributed by atoms with E-state index in [1.54, 1.807) is 0 Å². The predicted molar refractivity (Wildman–Crippen MR) is 132 cm³/mol. The molecule has 1 heterocycles. The Balaban J connectivity index is 1.44. The largest absolute Gasteiger partial charge is 0.457 e. The van der Waals surface area contributed by atoms with E-state index in [1.807, 2.05) is 6.92 Å². The van der Waals surface area contributed by atoms with E-state index in [0.29, 0.717) is 25.7 Å². The van der Waals surface area contributed by atoms with Crippen molar-refractivity contribution < 1.29 is 49.3 Å². The zero-order valence-corrected chi connectivity index (χ0v) is 22.4. The Morgan fingerprint density at radius 1 is 1.05 bits per heavy atom. The van der Waals surface area contributed by atoms with Gasteiger partial charge in [0.1, 0.15) is 30.5 Å². The van der Waals surface area contributed by atoms with Crippen LogP contribution in [0.25, 0.3) is 0 Å². The van der Waals surface area contributed by atoms with Gasteiger partial charge >= 0.3 is 11.9 Å². The molecule has 0 aromatic rings. The van der Waals surface area contributed by atoms with Crippen LogP contribution in [0.2, 0.25) is 0 Å². The number of fused-ring (bicyclic) bond motifs is 3. The SMILES string of the molecule is C=C1C2CC(O)C3C4(C)CCCC(C)(C(=O)OC5OC(CO)C(O)C(O)C5O)C4CCC3(C2)C1OC(C)=O. The van der Waals surface area contributed by atoms with E-state index in [4.69, 9.17) is 14.2 Å². The Morgan fingerprint density at radius 2 is 1.76 bits per heavy atom. The molecule has 5 aliphatic rings. The molecule has 0 amide bonds. The van der Waals surface area contributed by atoms with E-state index in [-0.39, 0.29) is 23.7 Å². The molecule has 0 radical (unpaired) electrons. The summed E-state index contributed by atoms with van der Waals surface area (Å²) in [7, 11) is 0. The average molecular weight is 539 g/mol. The highest BCUT2D eigenvalue weighted by atomic mass is 16.7. The van der Waals surface area contributed by atoms with Crippen molar-refractivity contribution in [3.8, 4) is 0 Å². The maximum absolute atomic E-state index is 13.8. The van der Waals surface area contributed by atoms with Crippen LogP contribution in [-0.2, 0) is 23.8 Å². The van der Waals surface area contributed by atoms with E-state index in [0.717, 1.165) is 24.8 Å². The first-order valence-corrected chi connectivity index (χ1v) is 13.9. The van der Waals surface area contributed by atoms with E-state index < -0.39 is 71.7 Å². The molecule has 2 bridgehead atoms. The Hall–Kier alpha value is -1.56. The van der Waals surface area contributed by atoms with Gasteiger partial charge in [0.2, 0.25) is 6.29 Å². The molecule has 5 rings (SSSR count). The lowest BCUT2D eigenvalue weighted by molar-refractivity contribution is -0.298. The van der Waals surface area contributed by atoms with Crippen LogP contribution in [0.3, 0.4) is 0 Å². The standard InChI is InChI=1S/C28H42O10/c1-13-15-10-16(31)22-26(3)7-5-8-27(4,18(26)6-9-28(22,11-15)23(13)36-14(2)30)25(35)38-24-21(34)20(33)19(32)17(12-29)37-24/h15-24,29,31-34H,1,5-12H2,2-4H3. The molecule has 4 aliphatic carbocycles. The Bertz CT molecular complexity index is 983. The van der Waals surface area contributed by atoms with Crippen molar-refractivity contribution in [1.82, 2.24) is 0 Å². The second-order valence-electron chi connectivity index (χ2n) is 13.0. The van der Waals surface area contributed by atoms with Crippen LogP contribution in [-0.4, -0.2) is 87.0 Å². The molecule has 1 saturated heterocycles. The molecule has 5 fully saturated rings. The lowest BCUT2D eigenvalue weighted by Gasteiger charge is -2.64. The van der Waals surface area contributed by atoms with Crippen molar-refractivity contribution in [1.29, 1.82) is 0 Å². The first-order valence-electron chi connectivity index (χ1n) is 13.9. The second-order valence-corrected chi connectivity index (χ2v) is 13.0. The van der Waals surface area contributed by atoms with Gasteiger partial charge in [-0.05, 0) is 68.3 Å². The van der Waals surface area contributed by atoms with E-state index >= 15 is 0 Å². The molecular formula is C28H42O10. The highest BCUT2D eigenvalue weighted by Gasteiger charge is 2.71. The summed E-state index contributed by atoms with van der Waals surface area (Å²) >= 11 is 0. The normalized spacial score (nSPS) is 52.1. The van der Waals surface area contributed by atoms with Crippen molar-refractivity contribution in [3.63, 3.8) is 0 Å². The van der Waals surface area contributed by atoms with Gasteiger partial charge in [-0.1, -0.05) is 19.9 Å². The number of carbonyl (C=O) groups excluding carboxylic acids is 2. The number of carbonyl (C=O) groups is 2. The predicted octanol–water partition coefficient (Wildman–Crippen LogP) is 0.811. The molecule has 13 unspecified atom stereocenters. The number of ether oxygens (including phenoxy) is 3. The van der Waals surface area contributed by atoms with E-state index in [9.17, 15) is 35.1 Å². The van der Waals surface area contributed by atoms with Gasteiger partial charge in [0, 0.05) is 18.3 Å². The topological polar surface area (TPSA) is 163 Å². The van der Waals surface area contributed by atoms with Crippen LogP contribution in [0.5, 0.6) is 0 Å². The van der Waals surface area contributed by atoms with E-state index in [1.165, 1.54) is 6.92 Å². The Kier molecular flexibility index (Phi) is 7.01. The molecular weight excluding hydrogens is 496 g/mol. The summed E-state index contributed by atoms with van der Waals surface area (Å²) in [6, 6.07) is 0. The van der Waals surface area contributed by atoms with Gasteiger partial charge < -0.3 is 39.7 Å². The zero-order valence-electron chi connectivity index (χ0n) is 22.4. The summed E-state index contributed by atoms with van der Waals surface area (Å²) in [4.78, 5) is 25.9. The quantitative estimate of drug-likeness (QED) is 0.256. The maximum Gasteiger partial charge on any atom is 0.314 e. The van der Waals surface area contributed by atoms with Crippen molar-refractivity contribution >= 4 is 11.9 Å². The first-order chi connectivity index (χ1) is 17.8. The van der Waals surface area contributed by atoms with Gasteiger partial charge in [-0.25, -0.2) is 0 Å². The summed E-state index contributed by atoms with van der Waals surface area (Å²) in [5.41, 5.74) is -0.969.